The second-order valence-electron chi connectivity index (χ2n) is 11.6. The fourth-order valence-corrected chi connectivity index (χ4v) is 6.68. The zero-order valence-corrected chi connectivity index (χ0v) is 25.0. The van der Waals surface area contributed by atoms with Gasteiger partial charge < -0.3 is 9.32 Å². The lowest BCUT2D eigenvalue weighted by Gasteiger charge is -2.26. The van der Waals surface area contributed by atoms with Gasteiger partial charge in [0.05, 0.1) is 0 Å². The average molecular weight is 589 g/mol. The van der Waals surface area contributed by atoms with Gasteiger partial charge in [-0.3, -0.25) is 0 Å². The van der Waals surface area contributed by atoms with Gasteiger partial charge in [0.15, 0.2) is 5.58 Å². The summed E-state index contributed by atoms with van der Waals surface area (Å²) in [5.41, 5.74) is 8.37. The van der Waals surface area contributed by atoms with E-state index >= 15 is 0 Å². The van der Waals surface area contributed by atoms with Gasteiger partial charge in [0.2, 0.25) is 5.89 Å². The third-order valence-corrected chi connectivity index (χ3v) is 8.85. The van der Waals surface area contributed by atoms with E-state index in [-0.39, 0.29) is 0 Å². The topological polar surface area (TPSA) is 29.3 Å². The molecule has 0 saturated carbocycles. The van der Waals surface area contributed by atoms with E-state index in [9.17, 15) is 0 Å². The molecule has 3 heteroatoms. The highest BCUT2D eigenvalue weighted by atomic mass is 16.3. The maximum Gasteiger partial charge on any atom is 0.227 e. The summed E-state index contributed by atoms with van der Waals surface area (Å²) in [6, 6.07) is 59.8. The van der Waals surface area contributed by atoms with Crippen molar-refractivity contribution < 1.29 is 4.42 Å². The van der Waals surface area contributed by atoms with Crippen LogP contribution in [0.5, 0.6) is 0 Å². The fraction of sp³-hybridized carbons (Fsp3) is 0. The molecule has 0 N–H and O–H groups in total. The molecule has 1 aromatic heterocycles. The molecule has 0 bridgehead atoms. The van der Waals surface area contributed by atoms with Gasteiger partial charge in [-0.05, 0) is 81.2 Å². The summed E-state index contributed by atoms with van der Waals surface area (Å²) in [5.74, 6) is 0.635. The Morgan fingerprint density at radius 3 is 1.72 bits per heavy atom. The Morgan fingerprint density at radius 1 is 0.413 bits per heavy atom. The molecule has 3 nitrogen and oxygen atoms in total. The Morgan fingerprint density at radius 2 is 0.978 bits per heavy atom. The number of para-hydroxylation sites is 1. The van der Waals surface area contributed by atoms with E-state index in [0.717, 1.165) is 49.9 Å². The van der Waals surface area contributed by atoms with E-state index in [0.29, 0.717) is 5.89 Å². The zero-order chi connectivity index (χ0) is 30.5. The van der Waals surface area contributed by atoms with Gasteiger partial charge in [0.1, 0.15) is 5.52 Å². The van der Waals surface area contributed by atoms with Crippen LogP contribution in [0.2, 0.25) is 0 Å². The van der Waals surface area contributed by atoms with E-state index in [1.165, 1.54) is 27.3 Å². The number of rotatable bonds is 5. The second-order valence-corrected chi connectivity index (χ2v) is 11.6. The summed E-state index contributed by atoms with van der Waals surface area (Å²) in [7, 11) is 0. The molecule has 216 valence electrons. The second kappa shape index (κ2) is 10.8. The molecule has 8 aromatic carbocycles. The van der Waals surface area contributed by atoms with Crippen LogP contribution in [0, 0.1) is 0 Å². The Hall–Kier alpha value is -6.19. The van der Waals surface area contributed by atoms with Crippen LogP contribution < -0.4 is 4.90 Å². The van der Waals surface area contributed by atoms with Crippen LogP contribution >= 0.6 is 0 Å². The molecule has 0 aliphatic carbocycles. The molecule has 0 aliphatic rings. The lowest BCUT2D eigenvalue weighted by atomic mass is 9.94. The SMILES string of the molecule is c1ccc(-c2ccc(N(c3ccccc3)c3ccc4ccc5c6nc(-c7ccccc7)oc6c6ccccc6c5c4c3)cc2)cc1. The number of benzene rings is 8. The van der Waals surface area contributed by atoms with Crippen LogP contribution in [0.15, 0.2) is 174 Å². The molecule has 9 rings (SSSR count). The van der Waals surface area contributed by atoms with Gasteiger partial charge in [-0.25, -0.2) is 4.98 Å². The number of hydrogen-bond donors (Lipinski definition) is 0. The summed E-state index contributed by atoms with van der Waals surface area (Å²) in [6.45, 7) is 0. The third kappa shape index (κ3) is 4.33. The molecule has 0 saturated heterocycles. The number of fused-ring (bicyclic) bond motifs is 8. The minimum absolute atomic E-state index is 0.635. The highest BCUT2D eigenvalue weighted by molar-refractivity contribution is 6.30. The van der Waals surface area contributed by atoms with Crippen molar-refractivity contribution in [1.82, 2.24) is 4.98 Å². The normalized spacial score (nSPS) is 11.5. The quantitative estimate of drug-likeness (QED) is 0.187. The lowest BCUT2D eigenvalue weighted by Crippen LogP contribution is -2.09. The molecule has 0 spiro atoms. The van der Waals surface area contributed by atoms with Crippen LogP contribution in [0.25, 0.3) is 66.0 Å². The molecule has 0 amide bonds. The summed E-state index contributed by atoms with van der Waals surface area (Å²) in [4.78, 5) is 7.41. The molecule has 0 fully saturated rings. The predicted octanol–water partition coefficient (Wildman–Crippen LogP) is 12.1. The van der Waals surface area contributed by atoms with E-state index < -0.39 is 0 Å². The number of anilines is 3. The number of nitrogens with zero attached hydrogens (tertiary/aromatic N) is 2. The van der Waals surface area contributed by atoms with Crippen molar-refractivity contribution in [2.45, 2.75) is 0 Å². The number of oxazole rings is 1. The van der Waals surface area contributed by atoms with Gasteiger partial charge in [-0.1, -0.05) is 121 Å². The van der Waals surface area contributed by atoms with Crippen molar-refractivity contribution in [3.63, 3.8) is 0 Å². The van der Waals surface area contributed by atoms with Crippen LogP contribution in [0.1, 0.15) is 0 Å². The molecule has 1 heterocycles. The van der Waals surface area contributed by atoms with Gasteiger partial charge in [-0.2, -0.15) is 0 Å². The maximum absolute atomic E-state index is 6.49. The summed E-state index contributed by atoms with van der Waals surface area (Å²) in [5, 5.41) is 6.85. The highest BCUT2D eigenvalue weighted by Gasteiger charge is 2.19. The molecule has 0 aliphatic heterocycles. The van der Waals surface area contributed by atoms with Gasteiger partial charge in [-0.15, -0.1) is 0 Å². The maximum atomic E-state index is 6.49. The van der Waals surface area contributed by atoms with Crippen molar-refractivity contribution in [3.05, 3.63) is 170 Å². The van der Waals surface area contributed by atoms with Crippen LogP contribution in [-0.2, 0) is 0 Å². The number of aromatic nitrogens is 1. The Kier molecular flexibility index (Phi) is 6.14. The molecular weight excluding hydrogens is 560 g/mol. The Bertz CT molecular complexity index is 2500. The fourth-order valence-electron chi connectivity index (χ4n) is 6.68. The minimum atomic E-state index is 0.635. The smallest absolute Gasteiger partial charge is 0.227 e. The van der Waals surface area contributed by atoms with Crippen LogP contribution in [-0.4, -0.2) is 4.98 Å². The van der Waals surface area contributed by atoms with Crippen LogP contribution in [0.4, 0.5) is 17.1 Å². The number of hydrogen-bond acceptors (Lipinski definition) is 3. The largest absolute Gasteiger partial charge is 0.435 e. The first-order valence-electron chi connectivity index (χ1n) is 15.6. The molecule has 46 heavy (non-hydrogen) atoms. The van der Waals surface area contributed by atoms with Crippen LogP contribution in [0.3, 0.4) is 0 Å². The van der Waals surface area contributed by atoms with Crippen molar-refractivity contribution in [3.8, 4) is 22.6 Å². The summed E-state index contributed by atoms with van der Waals surface area (Å²) >= 11 is 0. The molecule has 9 aromatic rings. The summed E-state index contributed by atoms with van der Waals surface area (Å²) in [6.07, 6.45) is 0. The van der Waals surface area contributed by atoms with Crippen molar-refractivity contribution in [2.24, 2.45) is 0 Å². The third-order valence-electron chi connectivity index (χ3n) is 8.85. The predicted molar refractivity (Wildman–Crippen MR) is 192 cm³/mol. The first-order chi connectivity index (χ1) is 22.8. The van der Waals surface area contributed by atoms with Gasteiger partial charge in [0, 0.05) is 33.4 Å². The Balaban J connectivity index is 1.28. The minimum Gasteiger partial charge on any atom is -0.435 e. The Labute approximate surface area is 266 Å². The molecule has 0 radical (unpaired) electrons. The van der Waals surface area contributed by atoms with E-state index in [1.807, 2.05) is 30.3 Å². The molecule has 0 atom stereocenters. The van der Waals surface area contributed by atoms with Gasteiger partial charge in [0.25, 0.3) is 0 Å². The lowest BCUT2D eigenvalue weighted by molar-refractivity contribution is 0.623. The van der Waals surface area contributed by atoms with Crippen molar-refractivity contribution in [1.29, 1.82) is 0 Å². The van der Waals surface area contributed by atoms with E-state index in [2.05, 4.69) is 144 Å². The first-order valence-corrected chi connectivity index (χ1v) is 15.6. The van der Waals surface area contributed by atoms with E-state index in [4.69, 9.17) is 9.40 Å². The zero-order valence-electron chi connectivity index (χ0n) is 25.0. The summed E-state index contributed by atoms with van der Waals surface area (Å²) < 4.78 is 6.49. The highest BCUT2D eigenvalue weighted by Crippen LogP contribution is 2.43. The van der Waals surface area contributed by atoms with E-state index in [1.54, 1.807) is 0 Å². The molecule has 0 unspecified atom stereocenters. The van der Waals surface area contributed by atoms with Crippen molar-refractivity contribution >= 4 is 60.5 Å². The average Bonchev–Trinajstić information content (AvgIpc) is 3.59. The standard InChI is InChI=1S/C43H28N2O/c1-4-12-29(13-5-1)30-20-24-34(25-21-30)45(33-16-8-3-9-17-33)35-26-22-31-23-27-38-40(39(31)28-35)36-18-10-11-19-37(36)42-41(38)44-43(46-42)32-14-6-2-7-15-32/h1-28H. The monoisotopic (exact) mass is 588 g/mol. The molecular formula is C43H28N2O. The first kappa shape index (κ1) is 26.2. The van der Waals surface area contributed by atoms with Gasteiger partial charge >= 0.3 is 0 Å². The van der Waals surface area contributed by atoms with Crippen molar-refractivity contribution in [2.75, 3.05) is 4.90 Å².